The Bertz CT molecular complexity index is 741. The monoisotopic (exact) mass is 415 g/mol. The molecule has 7 nitrogen and oxygen atoms in total. The van der Waals surface area contributed by atoms with Gasteiger partial charge >= 0.3 is 0 Å². The first kappa shape index (κ1) is 22.3. The van der Waals surface area contributed by atoms with E-state index in [1.54, 1.807) is 24.3 Å². The van der Waals surface area contributed by atoms with Crippen molar-refractivity contribution >= 4 is 17.6 Å². The number of nitrogens with zero attached hydrogens (tertiary/aromatic N) is 3. The minimum Gasteiger partial charge on any atom is -0.484 e. The van der Waals surface area contributed by atoms with Crippen LogP contribution in [0, 0.1) is 5.92 Å². The van der Waals surface area contributed by atoms with Crippen molar-refractivity contribution in [1.29, 1.82) is 0 Å². The van der Waals surface area contributed by atoms with E-state index in [4.69, 9.17) is 4.74 Å². The van der Waals surface area contributed by atoms with E-state index in [2.05, 4.69) is 11.9 Å². The molecule has 0 radical (unpaired) electrons. The second-order valence-corrected chi connectivity index (χ2v) is 8.44. The van der Waals surface area contributed by atoms with Crippen LogP contribution in [0.3, 0.4) is 0 Å². The Morgan fingerprint density at radius 2 is 1.67 bits per heavy atom. The van der Waals surface area contributed by atoms with Crippen LogP contribution in [-0.2, 0) is 9.59 Å². The van der Waals surface area contributed by atoms with Crippen LogP contribution < -0.4 is 4.74 Å². The highest BCUT2D eigenvalue weighted by Gasteiger charge is 2.26. The first-order valence-corrected chi connectivity index (χ1v) is 10.9. The van der Waals surface area contributed by atoms with Gasteiger partial charge in [-0.15, -0.1) is 0 Å². The Morgan fingerprint density at radius 3 is 2.33 bits per heavy atom. The van der Waals surface area contributed by atoms with Gasteiger partial charge in [0.2, 0.25) is 5.91 Å². The van der Waals surface area contributed by atoms with E-state index in [0.29, 0.717) is 30.2 Å². The summed E-state index contributed by atoms with van der Waals surface area (Å²) >= 11 is 0. The molecule has 1 aromatic carbocycles. The van der Waals surface area contributed by atoms with Crippen LogP contribution in [0.4, 0.5) is 0 Å². The Balaban J connectivity index is 1.40. The molecule has 0 spiro atoms. The molecular weight excluding hydrogens is 382 g/mol. The fourth-order valence-corrected chi connectivity index (χ4v) is 4.09. The van der Waals surface area contributed by atoms with Gasteiger partial charge in [0, 0.05) is 51.3 Å². The molecule has 0 N–H and O–H groups in total. The average molecular weight is 416 g/mol. The van der Waals surface area contributed by atoms with Crippen LogP contribution in [0.15, 0.2) is 24.3 Å². The summed E-state index contributed by atoms with van der Waals surface area (Å²) in [6.07, 6.45) is 3.43. The molecule has 164 valence electrons. The van der Waals surface area contributed by atoms with Gasteiger partial charge in [0.25, 0.3) is 5.91 Å². The largest absolute Gasteiger partial charge is 0.484 e. The maximum Gasteiger partial charge on any atom is 0.260 e. The quantitative estimate of drug-likeness (QED) is 0.638. The predicted octanol–water partition coefficient (Wildman–Crippen LogP) is 2.06. The highest BCUT2D eigenvalue weighted by atomic mass is 16.5. The van der Waals surface area contributed by atoms with Crippen LogP contribution in [-0.4, -0.2) is 85.2 Å². The van der Waals surface area contributed by atoms with Crippen molar-refractivity contribution in [3.05, 3.63) is 29.8 Å². The minimum absolute atomic E-state index is 0.00286. The molecule has 1 unspecified atom stereocenters. The predicted molar refractivity (Wildman–Crippen MR) is 115 cm³/mol. The number of likely N-dealkylation sites (N-methyl/N-ethyl adjacent to an activating group) is 1. The summed E-state index contributed by atoms with van der Waals surface area (Å²) < 4.78 is 5.61. The number of hydrogen-bond acceptors (Lipinski definition) is 5. The number of carbonyl (C=O) groups excluding carboxylic acids is 3. The van der Waals surface area contributed by atoms with E-state index in [-0.39, 0.29) is 24.2 Å². The molecule has 2 saturated heterocycles. The lowest BCUT2D eigenvalue weighted by Crippen LogP contribution is -2.47. The van der Waals surface area contributed by atoms with Gasteiger partial charge in [0.05, 0.1) is 0 Å². The fraction of sp³-hybridized carbons (Fsp3) is 0.609. The van der Waals surface area contributed by atoms with Crippen molar-refractivity contribution in [2.24, 2.45) is 5.92 Å². The second kappa shape index (κ2) is 10.6. The number of benzene rings is 1. The van der Waals surface area contributed by atoms with Gasteiger partial charge in [-0.3, -0.25) is 14.4 Å². The number of carbonyl (C=O) groups is 3. The maximum atomic E-state index is 12.6. The minimum atomic E-state index is -0.0271. The molecule has 0 aromatic heterocycles. The number of rotatable bonds is 7. The van der Waals surface area contributed by atoms with Crippen molar-refractivity contribution < 1.29 is 19.1 Å². The van der Waals surface area contributed by atoms with Crippen LogP contribution >= 0.6 is 0 Å². The number of likely N-dealkylation sites (tertiary alicyclic amines) is 1. The highest BCUT2D eigenvalue weighted by Crippen LogP contribution is 2.22. The summed E-state index contributed by atoms with van der Waals surface area (Å²) in [5.41, 5.74) is 0.624. The number of amides is 2. The van der Waals surface area contributed by atoms with Crippen molar-refractivity contribution in [3.8, 4) is 5.75 Å². The molecule has 0 saturated carbocycles. The van der Waals surface area contributed by atoms with Gasteiger partial charge in [-0.1, -0.05) is 0 Å². The Labute approximate surface area is 179 Å². The topological polar surface area (TPSA) is 70.2 Å². The SMILES string of the molecule is CC(=O)c1ccc(OCC(=O)N2CCCC(CCC(=O)N3CCN(C)CC3)C2)cc1. The van der Waals surface area contributed by atoms with E-state index in [9.17, 15) is 14.4 Å². The molecule has 0 aliphatic carbocycles. The summed E-state index contributed by atoms with van der Waals surface area (Å²) in [4.78, 5) is 42.5. The third kappa shape index (κ3) is 6.29. The van der Waals surface area contributed by atoms with E-state index in [1.165, 1.54) is 6.92 Å². The Hall–Kier alpha value is -2.41. The molecule has 2 amide bonds. The molecule has 30 heavy (non-hydrogen) atoms. The van der Waals surface area contributed by atoms with Crippen LogP contribution in [0.1, 0.15) is 43.0 Å². The number of Topliss-reactive ketones (excluding diaryl/α,β-unsaturated/α-hetero) is 1. The van der Waals surface area contributed by atoms with Gasteiger partial charge in [-0.2, -0.15) is 0 Å². The first-order valence-electron chi connectivity index (χ1n) is 10.9. The number of ether oxygens (including phenoxy) is 1. The maximum absolute atomic E-state index is 12.6. The zero-order chi connectivity index (χ0) is 21.5. The third-order valence-corrected chi connectivity index (χ3v) is 6.12. The molecule has 2 fully saturated rings. The summed E-state index contributed by atoms with van der Waals surface area (Å²) in [6, 6.07) is 6.84. The molecule has 2 aliphatic heterocycles. The third-order valence-electron chi connectivity index (χ3n) is 6.12. The van der Waals surface area contributed by atoms with Gasteiger partial charge in [0.15, 0.2) is 12.4 Å². The molecule has 7 heteroatoms. The van der Waals surface area contributed by atoms with E-state index in [0.717, 1.165) is 52.0 Å². The molecular formula is C23H33N3O4. The molecule has 2 heterocycles. The standard InChI is InChI=1S/C23H33N3O4/c1-18(27)20-6-8-21(9-7-20)30-17-23(29)26-11-3-4-19(16-26)5-10-22(28)25-14-12-24(2)13-15-25/h6-9,19H,3-5,10-17H2,1-2H3. The molecule has 3 rings (SSSR count). The normalized spacial score (nSPS) is 20.1. The van der Waals surface area contributed by atoms with Crippen molar-refractivity contribution in [3.63, 3.8) is 0 Å². The van der Waals surface area contributed by atoms with Crippen molar-refractivity contribution in [2.45, 2.75) is 32.6 Å². The lowest BCUT2D eigenvalue weighted by atomic mass is 9.93. The zero-order valence-corrected chi connectivity index (χ0v) is 18.1. The van der Waals surface area contributed by atoms with E-state index in [1.807, 2.05) is 9.80 Å². The van der Waals surface area contributed by atoms with Gasteiger partial charge in [0.1, 0.15) is 5.75 Å². The molecule has 0 bridgehead atoms. The van der Waals surface area contributed by atoms with Gasteiger partial charge in [-0.05, 0) is 63.4 Å². The van der Waals surface area contributed by atoms with Crippen LogP contribution in [0.25, 0.3) is 0 Å². The Kier molecular flexibility index (Phi) is 7.85. The lowest BCUT2D eigenvalue weighted by Gasteiger charge is -2.34. The molecule has 1 aromatic rings. The summed E-state index contributed by atoms with van der Waals surface area (Å²) in [5, 5.41) is 0. The summed E-state index contributed by atoms with van der Waals surface area (Å²) in [7, 11) is 2.08. The first-order chi connectivity index (χ1) is 14.4. The molecule has 1 atom stereocenters. The lowest BCUT2D eigenvalue weighted by molar-refractivity contribution is -0.135. The second-order valence-electron chi connectivity index (χ2n) is 8.44. The fourth-order valence-electron chi connectivity index (χ4n) is 4.09. The zero-order valence-electron chi connectivity index (χ0n) is 18.1. The highest BCUT2D eigenvalue weighted by molar-refractivity contribution is 5.94. The van der Waals surface area contributed by atoms with Gasteiger partial charge < -0.3 is 19.4 Å². The molecule has 2 aliphatic rings. The number of ketones is 1. The number of hydrogen-bond donors (Lipinski definition) is 0. The summed E-state index contributed by atoms with van der Waals surface area (Å²) in [5.74, 6) is 1.17. The van der Waals surface area contributed by atoms with E-state index < -0.39 is 0 Å². The Morgan fingerprint density at radius 1 is 0.967 bits per heavy atom. The van der Waals surface area contributed by atoms with Crippen molar-refractivity contribution in [2.75, 3.05) is 52.9 Å². The number of piperazine rings is 1. The summed E-state index contributed by atoms with van der Waals surface area (Å²) in [6.45, 7) is 6.46. The van der Waals surface area contributed by atoms with Crippen LogP contribution in [0.5, 0.6) is 5.75 Å². The van der Waals surface area contributed by atoms with Gasteiger partial charge in [-0.25, -0.2) is 0 Å². The smallest absolute Gasteiger partial charge is 0.260 e. The van der Waals surface area contributed by atoms with Crippen LogP contribution in [0.2, 0.25) is 0 Å². The van der Waals surface area contributed by atoms with E-state index >= 15 is 0 Å². The van der Waals surface area contributed by atoms with Crippen molar-refractivity contribution in [1.82, 2.24) is 14.7 Å². The average Bonchev–Trinajstić information content (AvgIpc) is 2.76. The number of piperidine rings is 1.